The van der Waals surface area contributed by atoms with Crippen molar-refractivity contribution in [3.8, 4) is 11.4 Å². The van der Waals surface area contributed by atoms with Gasteiger partial charge in [-0.1, -0.05) is 67.6 Å². The van der Waals surface area contributed by atoms with Gasteiger partial charge in [0, 0.05) is 31.7 Å². The minimum absolute atomic E-state index is 0.134. The second-order valence-corrected chi connectivity index (χ2v) is 8.86. The van der Waals surface area contributed by atoms with Crippen LogP contribution < -0.4 is 4.90 Å². The van der Waals surface area contributed by atoms with E-state index < -0.39 is 5.41 Å². The van der Waals surface area contributed by atoms with Gasteiger partial charge < -0.3 is 9.64 Å². The Morgan fingerprint density at radius 1 is 0.941 bits per heavy atom. The van der Waals surface area contributed by atoms with Crippen LogP contribution in [0.3, 0.4) is 0 Å². The molecule has 0 radical (unpaired) electrons. The summed E-state index contributed by atoms with van der Waals surface area (Å²) in [7, 11) is 1.49. The molecule has 0 bridgehead atoms. The first kappa shape index (κ1) is 23.9. The third-order valence-corrected chi connectivity index (χ3v) is 6.99. The summed E-state index contributed by atoms with van der Waals surface area (Å²) in [6.45, 7) is 6.92. The number of carbonyl (C=O) groups is 1. The Bertz CT molecular complexity index is 1040. The smallest absolute Gasteiger partial charge is 0.316 e. The molecule has 1 unspecified atom stereocenters. The second kappa shape index (κ2) is 11.3. The van der Waals surface area contributed by atoms with Crippen molar-refractivity contribution in [1.82, 2.24) is 14.9 Å². The van der Waals surface area contributed by atoms with Crippen molar-refractivity contribution in [3.63, 3.8) is 0 Å². The first-order chi connectivity index (χ1) is 16.7. The molecule has 3 aromatic rings. The topological polar surface area (TPSA) is 58.6 Å². The Labute approximate surface area is 202 Å². The van der Waals surface area contributed by atoms with Gasteiger partial charge in [0.25, 0.3) is 0 Å². The van der Waals surface area contributed by atoms with Crippen molar-refractivity contribution in [1.29, 1.82) is 0 Å². The van der Waals surface area contributed by atoms with Crippen LogP contribution in [0.4, 0.5) is 5.69 Å². The van der Waals surface area contributed by atoms with E-state index in [2.05, 4.69) is 26.7 Å². The number of hydrogen-bond acceptors (Lipinski definition) is 6. The number of methoxy groups -OCH3 is 1. The normalized spacial score (nSPS) is 16.1. The molecular weight excluding hydrogens is 424 g/mol. The Kier molecular flexibility index (Phi) is 7.91. The van der Waals surface area contributed by atoms with E-state index in [9.17, 15) is 4.79 Å². The molecule has 1 aromatic heterocycles. The molecule has 4 rings (SSSR count). The number of nitrogens with zero attached hydrogens (tertiary/aromatic N) is 4. The number of hydrogen-bond donors (Lipinski definition) is 0. The third-order valence-electron chi connectivity index (χ3n) is 6.99. The van der Waals surface area contributed by atoms with E-state index in [4.69, 9.17) is 4.74 Å². The second-order valence-electron chi connectivity index (χ2n) is 8.86. The van der Waals surface area contributed by atoms with Crippen LogP contribution in [0.5, 0.6) is 0 Å². The van der Waals surface area contributed by atoms with Gasteiger partial charge in [-0.05, 0) is 31.4 Å². The zero-order valence-electron chi connectivity index (χ0n) is 20.2. The van der Waals surface area contributed by atoms with Gasteiger partial charge in [0.1, 0.15) is 0 Å². The summed E-state index contributed by atoms with van der Waals surface area (Å²) in [4.78, 5) is 26.8. The fourth-order valence-corrected chi connectivity index (χ4v) is 4.90. The average molecular weight is 459 g/mol. The standard InChI is InChI=1S/C28H34N4O2/c1-3-28(27(33)34-2,24-13-8-5-9-14-24)15-10-16-31-17-19-32(20-18-31)25-21-29-26(30-22-25)23-11-6-4-7-12-23/h4-9,11-14,21-22H,3,10,15-20H2,1-2H3. The van der Waals surface area contributed by atoms with Gasteiger partial charge in [-0.25, -0.2) is 9.97 Å². The number of rotatable bonds is 9. The zero-order chi connectivity index (χ0) is 23.8. The van der Waals surface area contributed by atoms with Crippen LogP contribution in [0.1, 0.15) is 31.7 Å². The van der Waals surface area contributed by atoms with E-state index in [1.165, 1.54) is 7.11 Å². The van der Waals surface area contributed by atoms with Crippen molar-refractivity contribution >= 4 is 11.7 Å². The van der Waals surface area contributed by atoms with Crippen LogP contribution in [-0.2, 0) is 14.9 Å². The summed E-state index contributed by atoms with van der Waals surface area (Å²) < 4.78 is 5.23. The molecule has 34 heavy (non-hydrogen) atoms. The largest absolute Gasteiger partial charge is 0.468 e. The highest BCUT2D eigenvalue weighted by Gasteiger charge is 2.39. The van der Waals surface area contributed by atoms with Gasteiger partial charge in [0.05, 0.1) is 30.6 Å². The maximum Gasteiger partial charge on any atom is 0.316 e. The molecule has 1 aliphatic rings. The number of esters is 1. The van der Waals surface area contributed by atoms with Gasteiger partial charge in [-0.15, -0.1) is 0 Å². The van der Waals surface area contributed by atoms with E-state index in [0.717, 1.165) is 74.6 Å². The first-order valence-corrected chi connectivity index (χ1v) is 12.1. The maximum atomic E-state index is 12.8. The summed E-state index contributed by atoms with van der Waals surface area (Å²) in [5.41, 5.74) is 2.58. The molecule has 0 saturated carbocycles. The molecule has 0 amide bonds. The van der Waals surface area contributed by atoms with Crippen molar-refractivity contribution in [2.75, 3.05) is 44.7 Å². The van der Waals surface area contributed by atoms with Crippen molar-refractivity contribution in [2.45, 2.75) is 31.6 Å². The molecule has 6 nitrogen and oxygen atoms in total. The Morgan fingerprint density at radius 3 is 2.15 bits per heavy atom. The Morgan fingerprint density at radius 2 is 1.56 bits per heavy atom. The van der Waals surface area contributed by atoms with Crippen molar-refractivity contribution in [3.05, 3.63) is 78.6 Å². The lowest BCUT2D eigenvalue weighted by molar-refractivity contribution is -0.148. The SMILES string of the molecule is CCC(CCCN1CCN(c2cnc(-c3ccccc3)nc2)CC1)(C(=O)OC)c1ccccc1. The number of aromatic nitrogens is 2. The van der Waals surface area contributed by atoms with Crippen molar-refractivity contribution in [2.24, 2.45) is 0 Å². The van der Waals surface area contributed by atoms with E-state index in [1.54, 1.807) is 0 Å². The molecule has 1 fully saturated rings. The monoisotopic (exact) mass is 458 g/mol. The molecule has 178 valence electrons. The summed E-state index contributed by atoms with van der Waals surface area (Å²) >= 11 is 0. The highest BCUT2D eigenvalue weighted by molar-refractivity contribution is 5.83. The highest BCUT2D eigenvalue weighted by atomic mass is 16.5. The van der Waals surface area contributed by atoms with E-state index in [-0.39, 0.29) is 5.97 Å². The molecule has 0 spiro atoms. The molecule has 6 heteroatoms. The minimum Gasteiger partial charge on any atom is -0.468 e. The number of benzene rings is 2. The van der Waals surface area contributed by atoms with Gasteiger partial charge in [-0.2, -0.15) is 0 Å². The van der Waals surface area contributed by atoms with Crippen LogP contribution in [0.2, 0.25) is 0 Å². The summed E-state index contributed by atoms with van der Waals surface area (Å²) in [5.74, 6) is 0.622. The van der Waals surface area contributed by atoms with E-state index >= 15 is 0 Å². The lowest BCUT2D eigenvalue weighted by atomic mass is 9.74. The molecule has 1 saturated heterocycles. The van der Waals surface area contributed by atoms with Crippen LogP contribution in [0.15, 0.2) is 73.1 Å². The predicted octanol–water partition coefficient (Wildman–Crippen LogP) is 4.57. The summed E-state index contributed by atoms with van der Waals surface area (Å²) in [6.07, 6.45) is 6.33. The lowest BCUT2D eigenvalue weighted by Gasteiger charge is -2.36. The van der Waals surface area contributed by atoms with Gasteiger partial charge in [0.2, 0.25) is 0 Å². The fraction of sp³-hybridized carbons (Fsp3) is 0.393. The molecule has 1 aliphatic heterocycles. The van der Waals surface area contributed by atoms with Crippen molar-refractivity contribution < 1.29 is 9.53 Å². The zero-order valence-corrected chi connectivity index (χ0v) is 20.2. The predicted molar refractivity (Wildman–Crippen MR) is 136 cm³/mol. The Hall–Kier alpha value is -3.25. The fourth-order valence-electron chi connectivity index (χ4n) is 4.90. The molecule has 2 heterocycles. The van der Waals surface area contributed by atoms with E-state index in [1.807, 2.05) is 73.1 Å². The van der Waals surface area contributed by atoms with Crippen LogP contribution >= 0.6 is 0 Å². The lowest BCUT2D eigenvalue weighted by Crippen LogP contribution is -2.47. The molecule has 2 aromatic carbocycles. The van der Waals surface area contributed by atoms with Gasteiger partial charge in [0.15, 0.2) is 5.82 Å². The molecule has 1 atom stereocenters. The number of anilines is 1. The summed E-state index contributed by atoms with van der Waals surface area (Å²) in [5, 5.41) is 0. The van der Waals surface area contributed by atoms with E-state index in [0.29, 0.717) is 0 Å². The van der Waals surface area contributed by atoms with Gasteiger partial charge >= 0.3 is 5.97 Å². The molecule has 0 N–H and O–H groups in total. The summed E-state index contributed by atoms with van der Waals surface area (Å²) in [6, 6.07) is 20.1. The van der Waals surface area contributed by atoms with Crippen LogP contribution in [0, 0.1) is 0 Å². The average Bonchev–Trinajstić information content (AvgIpc) is 2.92. The quantitative estimate of drug-likeness (QED) is 0.438. The number of ether oxygens (including phenoxy) is 1. The van der Waals surface area contributed by atoms with Crippen LogP contribution in [0.25, 0.3) is 11.4 Å². The minimum atomic E-state index is -0.574. The highest BCUT2D eigenvalue weighted by Crippen LogP contribution is 2.34. The third kappa shape index (κ3) is 5.28. The Balaban J connectivity index is 1.30. The van der Waals surface area contributed by atoms with Gasteiger partial charge in [-0.3, -0.25) is 9.69 Å². The first-order valence-electron chi connectivity index (χ1n) is 12.1. The van der Waals surface area contributed by atoms with Crippen LogP contribution in [-0.4, -0.2) is 60.7 Å². The number of piperazine rings is 1. The molecular formula is C28H34N4O2. The molecule has 0 aliphatic carbocycles. The maximum absolute atomic E-state index is 12.8. The number of carbonyl (C=O) groups excluding carboxylic acids is 1.